The Hall–Kier alpha value is -2.03. The number of para-hydroxylation sites is 1. The summed E-state index contributed by atoms with van der Waals surface area (Å²) in [4.78, 5) is 13.5. The van der Waals surface area contributed by atoms with Crippen molar-refractivity contribution < 1.29 is 9.53 Å². The maximum absolute atomic E-state index is 12.1. The Bertz CT molecular complexity index is 430. The summed E-state index contributed by atoms with van der Waals surface area (Å²) in [6.45, 7) is 9.11. The number of allylic oxidation sites excluding steroid dienone is 2. The van der Waals surface area contributed by atoms with Crippen molar-refractivity contribution in [2.75, 3.05) is 4.90 Å². The summed E-state index contributed by atoms with van der Waals surface area (Å²) < 4.78 is 5.35. The van der Waals surface area contributed by atoms with Gasteiger partial charge in [-0.3, -0.25) is 4.90 Å². The van der Waals surface area contributed by atoms with E-state index in [0.29, 0.717) is 0 Å². The molecular weight excluding hydrogens is 226 g/mol. The molecule has 0 aliphatic carbocycles. The highest BCUT2D eigenvalue weighted by Gasteiger charge is 2.21. The lowest BCUT2D eigenvalue weighted by atomic mass is 10.2. The number of nitrogens with zero attached hydrogens (tertiary/aromatic N) is 1. The minimum Gasteiger partial charge on any atom is -0.443 e. The SMILES string of the molecule is C=C/C=C/N(C(=O)OC(C)(C)C)c1ccccc1. The number of ether oxygens (including phenoxy) is 1. The van der Waals surface area contributed by atoms with Gasteiger partial charge < -0.3 is 4.74 Å². The molecule has 96 valence electrons. The van der Waals surface area contributed by atoms with Gasteiger partial charge in [-0.05, 0) is 39.0 Å². The van der Waals surface area contributed by atoms with Crippen molar-refractivity contribution in [2.24, 2.45) is 0 Å². The Morgan fingerprint density at radius 2 is 1.89 bits per heavy atom. The zero-order chi connectivity index (χ0) is 13.6. The third-order valence-corrected chi connectivity index (χ3v) is 2.00. The summed E-state index contributed by atoms with van der Waals surface area (Å²) in [5.74, 6) is 0. The minimum atomic E-state index is -0.522. The van der Waals surface area contributed by atoms with E-state index < -0.39 is 11.7 Å². The molecule has 0 unspecified atom stereocenters. The van der Waals surface area contributed by atoms with E-state index >= 15 is 0 Å². The van der Waals surface area contributed by atoms with Gasteiger partial charge in [0.25, 0.3) is 0 Å². The van der Waals surface area contributed by atoms with Gasteiger partial charge in [0.15, 0.2) is 0 Å². The van der Waals surface area contributed by atoms with Crippen LogP contribution in [0.1, 0.15) is 20.8 Å². The molecular formula is C15H19NO2. The summed E-state index contributed by atoms with van der Waals surface area (Å²) in [6, 6.07) is 9.32. The van der Waals surface area contributed by atoms with Crippen molar-refractivity contribution >= 4 is 11.8 Å². The second-order valence-corrected chi connectivity index (χ2v) is 4.76. The Labute approximate surface area is 108 Å². The zero-order valence-corrected chi connectivity index (χ0v) is 11.1. The van der Waals surface area contributed by atoms with Crippen molar-refractivity contribution in [3.8, 4) is 0 Å². The highest BCUT2D eigenvalue weighted by molar-refractivity contribution is 5.89. The molecule has 0 fully saturated rings. The molecule has 1 rings (SSSR count). The van der Waals surface area contributed by atoms with Crippen molar-refractivity contribution in [1.29, 1.82) is 0 Å². The van der Waals surface area contributed by atoms with E-state index in [2.05, 4.69) is 6.58 Å². The van der Waals surface area contributed by atoms with Gasteiger partial charge in [-0.15, -0.1) is 0 Å². The van der Waals surface area contributed by atoms with Crippen molar-refractivity contribution in [1.82, 2.24) is 0 Å². The molecule has 1 aromatic carbocycles. The number of carbonyl (C=O) groups excluding carboxylic acids is 1. The summed E-state index contributed by atoms with van der Waals surface area (Å²) in [5, 5.41) is 0. The van der Waals surface area contributed by atoms with Crippen LogP contribution < -0.4 is 4.90 Å². The maximum Gasteiger partial charge on any atom is 0.418 e. The number of hydrogen-bond acceptors (Lipinski definition) is 2. The van der Waals surface area contributed by atoms with Crippen molar-refractivity contribution in [3.05, 3.63) is 55.3 Å². The molecule has 3 heteroatoms. The smallest absolute Gasteiger partial charge is 0.418 e. The fourth-order valence-electron chi connectivity index (χ4n) is 1.30. The molecule has 0 bridgehead atoms. The first-order chi connectivity index (χ1) is 8.44. The topological polar surface area (TPSA) is 29.5 Å². The predicted molar refractivity (Wildman–Crippen MR) is 74.5 cm³/mol. The van der Waals surface area contributed by atoms with Crippen LogP contribution in [-0.4, -0.2) is 11.7 Å². The standard InChI is InChI=1S/C15H19NO2/c1-5-6-12-16(13-10-8-7-9-11-13)14(17)18-15(2,3)4/h5-12H,1H2,2-4H3/b12-6+. The molecule has 1 aromatic rings. The first-order valence-corrected chi connectivity index (χ1v) is 5.80. The van der Waals surface area contributed by atoms with Crippen LogP contribution in [0.4, 0.5) is 10.5 Å². The number of carbonyl (C=O) groups is 1. The molecule has 3 nitrogen and oxygen atoms in total. The van der Waals surface area contributed by atoms with Crippen LogP contribution in [0.3, 0.4) is 0 Å². The van der Waals surface area contributed by atoms with E-state index in [0.717, 1.165) is 5.69 Å². The summed E-state index contributed by atoms with van der Waals surface area (Å²) in [5.41, 5.74) is 0.233. The second kappa shape index (κ2) is 6.05. The van der Waals surface area contributed by atoms with Crippen LogP contribution in [0.2, 0.25) is 0 Å². The van der Waals surface area contributed by atoms with Gasteiger partial charge >= 0.3 is 6.09 Å². The Morgan fingerprint density at radius 1 is 1.28 bits per heavy atom. The molecule has 0 spiro atoms. The predicted octanol–water partition coefficient (Wildman–Crippen LogP) is 4.13. The Balaban J connectivity index is 2.96. The van der Waals surface area contributed by atoms with Gasteiger partial charge in [0.05, 0.1) is 5.69 Å². The summed E-state index contributed by atoms with van der Waals surface area (Å²) >= 11 is 0. The molecule has 0 radical (unpaired) electrons. The van der Waals surface area contributed by atoms with E-state index in [-0.39, 0.29) is 0 Å². The molecule has 0 aliphatic heterocycles. The van der Waals surface area contributed by atoms with Gasteiger partial charge in [-0.1, -0.05) is 30.9 Å². The van der Waals surface area contributed by atoms with Gasteiger partial charge in [0.2, 0.25) is 0 Å². The van der Waals surface area contributed by atoms with E-state index in [1.54, 1.807) is 18.4 Å². The monoisotopic (exact) mass is 245 g/mol. The first-order valence-electron chi connectivity index (χ1n) is 5.80. The highest BCUT2D eigenvalue weighted by Crippen LogP contribution is 2.18. The van der Waals surface area contributed by atoms with Crippen molar-refractivity contribution in [2.45, 2.75) is 26.4 Å². The van der Waals surface area contributed by atoms with E-state index in [1.165, 1.54) is 4.90 Å². The van der Waals surface area contributed by atoms with Crippen LogP contribution >= 0.6 is 0 Å². The highest BCUT2D eigenvalue weighted by atomic mass is 16.6. The Kier molecular flexibility index (Phi) is 4.72. The fraction of sp³-hybridized carbons (Fsp3) is 0.267. The van der Waals surface area contributed by atoms with Crippen LogP contribution in [-0.2, 0) is 4.74 Å². The van der Waals surface area contributed by atoms with Crippen LogP contribution in [0, 0.1) is 0 Å². The summed E-state index contributed by atoms with van der Waals surface area (Å²) in [6.07, 6.45) is 4.53. The third-order valence-electron chi connectivity index (χ3n) is 2.00. The van der Waals surface area contributed by atoms with Crippen LogP contribution in [0.15, 0.2) is 55.3 Å². The second-order valence-electron chi connectivity index (χ2n) is 4.76. The molecule has 0 N–H and O–H groups in total. The first kappa shape index (κ1) is 14.0. The fourth-order valence-corrected chi connectivity index (χ4v) is 1.30. The third kappa shape index (κ3) is 4.45. The minimum absolute atomic E-state index is 0.410. The van der Waals surface area contributed by atoms with Gasteiger partial charge in [-0.2, -0.15) is 0 Å². The molecule has 0 saturated heterocycles. The Morgan fingerprint density at radius 3 is 2.39 bits per heavy atom. The molecule has 0 aliphatic rings. The number of benzene rings is 1. The molecule has 18 heavy (non-hydrogen) atoms. The van der Waals surface area contributed by atoms with Crippen molar-refractivity contribution in [3.63, 3.8) is 0 Å². The molecule has 0 heterocycles. The number of hydrogen-bond donors (Lipinski definition) is 0. The van der Waals surface area contributed by atoms with Gasteiger partial charge in [-0.25, -0.2) is 4.79 Å². The normalized spacial score (nSPS) is 11.3. The molecule has 0 aromatic heterocycles. The average Bonchev–Trinajstić information content (AvgIpc) is 2.28. The molecule has 0 atom stereocenters. The lowest BCUT2D eigenvalue weighted by Gasteiger charge is -2.25. The average molecular weight is 245 g/mol. The number of anilines is 1. The van der Waals surface area contributed by atoms with Gasteiger partial charge in [0.1, 0.15) is 5.60 Å². The van der Waals surface area contributed by atoms with E-state index in [9.17, 15) is 4.79 Å². The van der Waals surface area contributed by atoms with Gasteiger partial charge in [0, 0.05) is 6.20 Å². The largest absolute Gasteiger partial charge is 0.443 e. The van der Waals surface area contributed by atoms with Crippen LogP contribution in [0.5, 0.6) is 0 Å². The maximum atomic E-state index is 12.1. The molecule has 0 saturated carbocycles. The zero-order valence-electron chi connectivity index (χ0n) is 11.1. The van der Waals surface area contributed by atoms with Crippen LogP contribution in [0.25, 0.3) is 0 Å². The number of amides is 1. The lowest BCUT2D eigenvalue weighted by molar-refractivity contribution is 0.0596. The summed E-state index contributed by atoms with van der Waals surface area (Å²) in [7, 11) is 0. The lowest BCUT2D eigenvalue weighted by Crippen LogP contribution is -2.33. The quantitative estimate of drug-likeness (QED) is 0.749. The van der Waals surface area contributed by atoms with E-state index in [4.69, 9.17) is 4.74 Å². The number of rotatable bonds is 3. The molecule has 1 amide bonds. The van der Waals surface area contributed by atoms with E-state index in [1.807, 2.05) is 51.1 Å².